The molecule has 0 aliphatic carbocycles. The molecule has 6 nitrogen and oxygen atoms in total. The van der Waals surface area contributed by atoms with E-state index in [9.17, 15) is 9.59 Å². The SMILES string of the molecule is CN1CCC(NCC(=O)NC(N)=O)CC1. The molecule has 0 saturated carbocycles. The van der Waals surface area contributed by atoms with Gasteiger partial charge in [-0.15, -0.1) is 0 Å². The average molecular weight is 214 g/mol. The van der Waals surface area contributed by atoms with Gasteiger partial charge in [-0.05, 0) is 33.0 Å². The number of carbonyl (C=O) groups is 2. The van der Waals surface area contributed by atoms with E-state index in [-0.39, 0.29) is 12.5 Å². The number of urea groups is 1. The highest BCUT2D eigenvalue weighted by Crippen LogP contribution is 2.07. The van der Waals surface area contributed by atoms with Crippen molar-refractivity contribution >= 4 is 11.9 Å². The lowest BCUT2D eigenvalue weighted by Crippen LogP contribution is -2.46. The largest absolute Gasteiger partial charge is 0.351 e. The van der Waals surface area contributed by atoms with Gasteiger partial charge in [-0.2, -0.15) is 0 Å². The van der Waals surface area contributed by atoms with Crippen molar-refractivity contribution in [2.75, 3.05) is 26.7 Å². The van der Waals surface area contributed by atoms with Crippen molar-refractivity contribution in [1.29, 1.82) is 0 Å². The third kappa shape index (κ3) is 4.75. The Hall–Kier alpha value is -1.14. The summed E-state index contributed by atoms with van der Waals surface area (Å²) >= 11 is 0. The van der Waals surface area contributed by atoms with E-state index in [1.54, 1.807) is 0 Å². The first-order valence-corrected chi connectivity index (χ1v) is 5.09. The van der Waals surface area contributed by atoms with Gasteiger partial charge in [0.25, 0.3) is 0 Å². The van der Waals surface area contributed by atoms with E-state index in [4.69, 9.17) is 5.73 Å². The fourth-order valence-corrected chi connectivity index (χ4v) is 1.63. The molecule has 1 fully saturated rings. The molecule has 0 radical (unpaired) electrons. The maximum atomic E-state index is 11.1. The van der Waals surface area contributed by atoms with Gasteiger partial charge < -0.3 is 16.0 Å². The highest BCUT2D eigenvalue weighted by molar-refractivity contribution is 5.94. The lowest BCUT2D eigenvalue weighted by molar-refractivity contribution is -0.119. The summed E-state index contributed by atoms with van der Waals surface area (Å²) in [6, 6.07) is -0.440. The Bertz CT molecular complexity index is 236. The molecule has 15 heavy (non-hydrogen) atoms. The molecule has 0 aromatic carbocycles. The van der Waals surface area contributed by atoms with E-state index in [2.05, 4.69) is 17.3 Å². The van der Waals surface area contributed by atoms with Crippen LogP contribution in [0.2, 0.25) is 0 Å². The fourth-order valence-electron chi connectivity index (χ4n) is 1.63. The number of nitrogens with one attached hydrogen (secondary N) is 2. The number of primary amides is 1. The molecule has 0 aromatic rings. The Labute approximate surface area is 89.2 Å². The van der Waals surface area contributed by atoms with Crippen LogP contribution in [0.15, 0.2) is 0 Å². The lowest BCUT2D eigenvalue weighted by Gasteiger charge is -2.29. The van der Waals surface area contributed by atoms with Gasteiger partial charge in [-0.25, -0.2) is 4.79 Å². The summed E-state index contributed by atoms with van der Waals surface area (Å²) in [5.74, 6) is -0.374. The van der Waals surface area contributed by atoms with Gasteiger partial charge >= 0.3 is 6.03 Å². The summed E-state index contributed by atoms with van der Waals surface area (Å²) < 4.78 is 0. The standard InChI is InChI=1S/C9H18N4O2/c1-13-4-2-7(3-5-13)11-6-8(14)12-9(10)15/h7,11H,2-6H2,1H3,(H3,10,12,14,15). The molecular weight excluding hydrogens is 196 g/mol. The zero-order chi connectivity index (χ0) is 11.3. The third-order valence-corrected chi connectivity index (χ3v) is 2.53. The first-order valence-electron chi connectivity index (χ1n) is 5.09. The number of likely N-dealkylation sites (tertiary alicyclic amines) is 1. The minimum absolute atomic E-state index is 0.150. The van der Waals surface area contributed by atoms with Crippen LogP contribution in [0.25, 0.3) is 0 Å². The van der Waals surface area contributed by atoms with E-state index in [1.807, 2.05) is 5.32 Å². The normalized spacial score (nSPS) is 18.7. The van der Waals surface area contributed by atoms with E-state index in [0.717, 1.165) is 25.9 Å². The molecule has 1 aliphatic rings. The summed E-state index contributed by atoms with van der Waals surface area (Å²) in [6.45, 7) is 2.22. The van der Waals surface area contributed by atoms with Crippen molar-refractivity contribution < 1.29 is 9.59 Å². The van der Waals surface area contributed by atoms with Crippen LogP contribution in [0.4, 0.5) is 4.79 Å². The fraction of sp³-hybridized carbons (Fsp3) is 0.778. The molecule has 4 N–H and O–H groups in total. The van der Waals surface area contributed by atoms with Gasteiger partial charge in [-0.1, -0.05) is 0 Å². The predicted octanol–water partition coefficient (Wildman–Crippen LogP) is -1.13. The molecule has 1 heterocycles. The minimum atomic E-state index is -0.801. The average Bonchev–Trinajstić information content (AvgIpc) is 2.16. The highest BCUT2D eigenvalue weighted by Gasteiger charge is 2.16. The Morgan fingerprint density at radius 1 is 1.40 bits per heavy atom. The molecule has 1 rings (SSSR count). The Balaban J connectivity index is 2.14. The summed E-state index contributed by atoms with van der Waals surface area (Å²) in [6.07, 6.45) is 2.06. The molecule has 0 spiro atoms. The second kappa shape index (κ2) is 5.67. The van der Waals surface area contributed by atoms with Crippen molar-refractivity contribution in [3.05, 3.63) is 0 Å². The van der Waals surface area contributed by atoms with Crippen molar-refractivity contribution in [2.45, 2.75) is 18.9 Å². The van der Waals surface area contributed by atoms with Gasteiger partial charge in [0.2, 0.25) is 5.91 Å². The van der Waals surface area contributed by atoms with E-state index >= 15 is 0 Å². The van der Waals surface area contributed by atoms with E-state index in [0.29, 0.717) is 6.04 Å². The molecular formula is C9H18N4O2. The van der Waals surface area contributed by atoms with Crippen LogP contribution in [0, 0.1) is 0 Å². The molecule has 6 heteroatoms. The number of hydrogen-bond donors (Lipinski definition) is 3. The number of amides is 3. The number of nitrogens with two attached hydrogens (primary N) is 1. The topological polar surface area (TPSA) is 87.5 Å². The first kappa shape index (κ1) is 11.9. The van der Waals surface area contributed by atoms with Crippen LogP contribution in [0.1, 0.15) is 12.8 Å². The second-order valence-corrected chi connectivity index (χ2v) is 3.87. The molecule has 0 bridgehead atoms. The zero-order valence-electron chi connectivity index (χ0n) is 8.95. The smallest absolute Gasteiger partial charge is 0.318 e. The van der Waals surface area contributed by atoms with Crippen LogP contribution in [0.5, 0.6) is 0 Å². The third-order valence-electron chi connectivity index (χ3n) is 2.53. The highest BCUT2D eigenvalue weighted by atomic mass is 16.2. The van der Waals surface area contributed by atoms with Crippen molar-refractivity contribution in [3.63, 3.8) is 0 Å². The van der Waals surface area contributed by atoms with Gasteiger partial charge in [0.1, 0.15) is 0 Å². The first-order chi connectivity index (χ1) is 7.08. The monoisotopic (exact) mass is 214 g/mol. The lowest BCUT2D eigenvalue weighted by atomic mass is 10.1. The van der Waals surface area contributed by atoms with Crippen molar-refractivity contribution in [2.24, 2.45) is 5.73 Å². The number of nitrogens with zero attached hydrogens (tertiary/aromatic N) is 1. The number of hydrogen-bond acceptors (Lipinski definition) is 4. The van der Waals surface area contributed by atoms with Gasteiger partial charge in [0.05, 0.1) is 6.54 Å². The number of carbonyl (C=O) groups excluding carboxylic acids is 2. The summed E-state index contributed by atoms with van der Waals surface area (Å²) in [5, 5.41) is 5.12. The number of imide groups is 1. The molecule has 1 saturated heterocycles. The molecule has 0 unspecified atom stereocenters. The minimum Gasteiger partial charge on any atom is -0.351 e. The van der Waals surface area contributed by atoms with Gasteiger partial charge in [0, 0.05) is 6.04 Å². The molecule has 1 aliphatic heterocycles. The van der Waals surface area contributed by atoms with Crippen LogP contribution >= 0.6 is 0 Å². The van der Waals surface area contributed by atoms with E-state index in [1.165, 1.54) is 0 Å². The summed E-state index contributed by atoms with van der Waals surface area (Å²) in [4.78, 5) is 23.7. The Morgan fingerprint density at radius 3 is 2.53 bits per heavy atom. The molecule has 0 atom stereocenters. The van der Waals surface area contributed by atoms with Crippen LogP contribution in [0.3, 0.4) is 0 Å². The number of piperidine rings is 1. The van der Waals surface area contributed by atoms with Gasteiger partial charge in [-0.3, -0.25) is 10.1 Å². The van der Waals surface area contributed by atoms with Crippen molar-refractivity contribution in [1.82, 2.24) is 15.5 Å². The quantitative estimate of drug-likeness (QED) is 0.554. The van der Waals surface area contributed by atoms with Crippen LogP contribution < -0.4 is 16.4 Å². The maximum absolute atomic E-state index is 11.1. The zero-order valence-corrected chi connectivity index (χ0v) is 8.95. The Kier molecular flexibility index (Phi) is 4.51. The summed E-state index contributed by atoms with van der Waals surface area (Å²) in [5.41, 5.74) is 4.81. The number of rotatable bonds is 3. The maximum Gasteiger partial charge on any atom is 0.318 e. The predicted molar refractivity (Wildman–Crippen MR) is 56.2 cm³/mol. The van der Waals surface area contributed by atoms with Crippen LogP contribution in [-0.4, -0.2) is 49.6 Å². The molecule has 86 valence electrons. The van der Waals surface area contributed by atoms with Crippen molar-refractivity contribution in [3.8, 4) is 0 Å². The Morgan fingerprint density at radius 2 is 2.00 bits per heavy atom. The molecule has 0 aromatic heterocycles. The second-order valence-electron chi connectivity index (χ2n) is 3.87. The molecule has 3 amide bonds. The summed E-state index contributed by atoms with van der Waals surface area (Å²) in [7, 11) is 2.08. The van der Waals surface area contributed by atoms with Crippen LogP contribution in [-0.2, 0) is 4.79 Å². The van der Waals surface area contributed by atoms with E-state index < -0.39 is 6.03 Å². The van der Waals surface area contributed by atoms with Gasteiger partial charge in [0.15, 0.2) is 0 Å².